The molecule has 3 N–H and O–H groups in total. The summed E-state index contributed by atoms with van der Waals surface area (Å²) in [5.41, 5.74) is 0. The molecule has 106 valence electrons. The summed E-state index contributed by atoms with van der Waals surface area (Å²) in [6.07, 6.45) is 2.20. The Morgan fingerprint density at radius 1 is 1.39 bits per heavy atom. The van der Waals surface area contributed by atoms with Gasteiger partial charge in [-0.05, 0) is 19.8 Å². The highest BCUT2D eigenvalue weighted by Gasteiger charge is 2.22. The van der Waals surface area contributed by atoms with Gasteiger partial charge < -0.3 is 20.7 Å². The van der Waals surface area contributed by atoms with Gasteiger partial charge in [0, 0.05) is 26.2 Å². The third-order valence-electron chi connectivity index (χ3n) is 2.27. The molecule has 1 rings (SSSR count). The first-order chi connectivity index (χ1) is 8.26. The van der Waals surface area contributed by atoms with Gasteiger partial charge in [-0.2, -0.15) is 0 Å². The number of nitrogens with one attached hydrogen (secondary N) is 3. The number of ether oxygens (including phenoxy) is 1. The largest absolute Gasteiger partial charge is 0.383 e. The molecular formula is C11H23IN4O2. The van der Waals surface area contributed by atoms with Gasteiger partial charge in [0.05, 0.1) is 6.61 Å². The van der Waals surface area contributed by atoms with Crippen molar-refractivity contribution in [1.82, 2.24) is 16.0 Å². The lowest BCUT2D eigenvalue weighted by Crippen LogP contribution is -2.40. The quantitative estimate of drug-likeness (QED) is 0.257. The molecule has 0 radical (unpaired) electrons. The van der Waals surface area contributed by atoms with E-state index in [4.69, 9.17) is 4.74 Å². The van der Waals surface area contributed by atoms with Crippen molar-refractivity contribution in [2.24, 2.45) is 4.99 Å². The monoisotopic (exact) mass is 370 g/mol. The van der Waals surface area contributed by atoms with Crippen molar-refractivity contribution in [2.75, 3.05) is 33.4 Å². The fourth-order valence-electron chi connectivity index (χ4n) is 1.27. The minimum Gasteiger partial charge on any atom is -0.383 e. The zero-order chi connectivity index (χ0) is 12.5. The Balaban J connectivity index is 0.00000289. The van der Waals surface area contributed by atoms with Crippen molar-refractivity contribution >= 4 is 35.8 Å². The molecule has 0 aromatic heterocycles. The number of hydrogen-bond donors (Lipinski definition) is 3. The maximum absolute atomic E-state index is 11.4. The number of methoxy groups -OCH3 is 1. The number of carbonyl (C=O) groups is 1. The van der Waals surface area contributed by atoms with E-state index in [9.17, 15) is 4.79 Å². The summed E-state index contributed by atoms with van der Waals surface area (Å²) in [7, 11) is 1.65. The molecular weight excluding hydrogens is 347 g/mol. The van der Waals surface area contributed by atoms with Gasteiger partial charge >= 0.3 is 0 Å². The lowest BCUT2D eigenvalue weighted by molar-refractivity contribution is -0.119. The number of halogens is 1. The van der Waals surface area contributed by atoms with Crippen LogP contribution in [0, 0.1) is 0 Å². The van der Waals surface area contributed by atoms with Crippen molar-refractivity contribution in [1.29, 1.82) is 0 Å². The van der Waals surface area contributed by atoms with E-state index in [1.807, 2.05) is 6.92 Å². The Kier molecular flexibility index (Phi) is 10.0. The number of aliphatic imine (C=N–C) groups is 1. The van der Waals surface area contributed by atoms with Crippen LogP contribution in [-0.4, -0.2) is 51.3 Å². The number of rotatable bonds is 7. The van der Waals surface area contributed by atoms with Crippen molar-refractivity contribution in [2.45, 2.75) is 25.8 Å². The first-order valence-electron chi connectivity index (χ1n) is 6.06. The molecule has 0 spiro atoms. The second-order valence-electron chi connectivity index (χ2n) is 3.96. The van der Waals surface area contributed by atoms with Crippen molar-refractivity contribution in [3.05, 3.63) is 0 Å². The van der Waals surface area contributed by atoms with Crippen molar-refractivity contribution in [3.8, 4) is 0 Å². The molecule has 0 unspecified atom stereocenters. The molecule has 6 nitrogen and oxygen atoms in total. The smallest absolute Gasteiger partial charge is 0.242 e. The van der Waals surface area contributed by atoms with Gasteiger partial charge in [-0.15, -0.1) is 24.0 Å². The zero-order valence-corrected chi connectivity index (χ0v) is 13.3. The standard InChI is InChI=1S/C11H22N4O2.HI/c1-3-12-11(13-6-7-17-2)14-8-10(16)15-9-4-5-9;/h9H,3-8H2,1-2H3,(H,15,16)(H2,12,13,14);1H. The first kappa shape index (κ1) is 17.4. The third-order valence-corrected chi connectivity index (χ3v) is 2.27. The van der Waals surface area contributed by atoms with E-state index in [2.05, 4.69) is 20.9 Å². The molecule has 0 aromatic carbocycles. The summed E-state index contributed by atoms with van der Waals surface area (Å²) >= 11 is 0. The van der Waals surface area contributed by atoms with Crippen LogP contribution in [0.3, 0.4) is 0 Å². The molecule has 1 amide bonds. The highest BCUT2D eigenvalue weighted by atomic mass is 127. The van der Waals surface area contributed by atoms with Crippen LogP contribution in [0.15, 0.2) is 4.99 Å². The van der Waals surface area contributed by atoms with Gasteiger partial charge in [-0.1, -0.05) is 0 Å². The SMILES string of the molecule is CCNC(=NCC(=O)NC1CC1)NCCOC.I. The Labute approximate surface area is 125 Å². The summed E-state index contributed by atoms with van der Waals surface area (Å²) in [5, 5.41) is 9.04. The van der Waals surface area contributed by atoms with E-state index >= 15 is 0 Å². The molecule has 0 heterocycles. The molecule has 1 saturated carbocycles. The summed E-state index contributed by atoms with van der Waals surface area (Å²) in [6, 6.07) is 0.390. The molecule has 18 heavy (non-hydrogen) atoms. The molecule has 0 atom stereocenters. The van der Waals surface area contributed by atoms with Gasteiger partial charge in [-0.3, -0.25) is 4.79 Å². The summed E-state index contributed by atoms with van der Waals surface area (Å²) < 4.78 is 4.93. The molecule has 0 aromatic rings. The van der Waals surface area contributed by atoms with Crippen molar-refractivity contribution in [3.63, 3.8) is 0 Å². The minimum atomic E-state index is -0.0172. The van der Waals surface area contributed by atoms with Crippen LogP contribution in [-0.2, 0) is 9.53 Å². The first-order valence-corrected chi connectivity index (χ1v) is 6.06. The van der Waals surface area contributed by atoms with E-state index in [1.54, 1.807) is 7.11 Å². The summed E-state index contributed by atoms with van der Waals surface area (Å²) in [4.78, 5) is 15.6. The zero-order valence-electron chi connectivity index (χ0n) is 11.0. The van der Waals surface area contributed by atoms with Crippen LogP contribution in [0.1, 0.15) is 19.8 Å². The van der Waals surface area contributed by atoms with Crippen LogP contribution < -0.4 is 16.0 Å². The highest BCUT2D eigenvalue weighted by Crippen LogP contribution is 2.18. The van der Waals surface area contributed by atoms with Crippen LogP contribution in [0.2, 0.25) is 0 Å². The van der Waals surface area contributed by atoms with Crippen LogP contribution in [0.4, 0.5) is 0 Å². The summed E-state index contributed by atoms with van der Waals surface area (Å²) in [6.45, 7) is 4.20. The summed E-state index contributed by atoms with van der Waals surface area (Å²) in [5.74, 6) is 0.631. The van der Waals surface area contributed by atoms with E-state index in [0.717, 1.165) is 19.4 Å². The van der Waals surface area contributed by atoms with Gasteiger partial charge in [0.15, 0.2) is 5.96 Å². The second-order valence-corrected chi connectivity index (χ2v) is 3.96. The van der Waals surface area contributed by atoms with E-state index in [1.165, 1.54) is 0 Å². The molecule has 7 heteroatoms. The molecule has 0 saturated heterocycles. The average Bonchev–Trinajstić information content (AvgIpc) is 3.10. The van der Waals surface area contributed by atoms with Crippen LogP contribution in [0.25, 0.3) is 0 Å². The topological polar surface area (TPSA) is 74.8 Å². The molecule has 1 fully saturated rings. The van der Waals surface area contributed by atoms with Gasteiger partial charge in [0.25, 0.3) is 0 Å². The predicted molar refractivity (Wildman–Crippen MR) is 82.4 cm³/mol. The number of carbonyl (C=O) groups excluding carboxylic acids is 1. The van der Waals surface area contributed by atoms with Gasteiger partial charge in [-0.25, -0.2) is 4.99 Å². The van der Waals surface area contributed by atoms with Gasteiger partial charge in [0.1, 0.15) is 6.54 Å². The van der Waals surface area contributed by atoms with E-state index in [0.29, 0.717) is 25.2 Å². The van der Waals surface area contributed by atoms with Crippen molar-refractivity contribution < 1.29 is 9.53 Å². The fraction of sp³-hybridized carbons (Fsp3) is 0.818. The Morgan fingerprint density at radius 3 is 2.67 bits per heavy atom. The minimum absolute atomic E-state index is 0. The number of amides is 1. The predicted octanol–water partition coefficient (Wildman–Crippen LogP) is 0.0845. The maximum Gasteiger partial charge on any atom is 0.242 e. The van der Waals surface area contributed by atoms with E-state index in [-0.39, 0.29) is 36.4 Å². The number of guanidine groups is 1. The lowest BCUT2D eigenvalue weighted by atomic mass is 10.5. The van der Waals surface area contributed by atoms with Crippen LogP contribution >= 0.6 is 24.0 Å². The molecule has 1 aliphatic rings. The number of hydrogen-bond acceptors (Lipinski definition) is 3. The Morgan fingerprint density at radius 2 is 2.11 bits per heavy atom. The average molecular weight is 370 g/mol. The number of nitrogens with zero attached hydrogens (tertiary/aromatic N) is 1. The third kappa shape index (κ3) is 8.51. The molecule has 0 aliphatic heterocycles. The van der Waals surface area contributed by atoms with Crippen LogP contribution in [0.5, 0.6) is 0 Å². The Hall–Kier alpha value is -0.570. The Bertz CT molecular complexity index is 270. The maximum atomic E-state index is 11.4. The normalized spacial score (nSPS) is 14.7. The fourth-order valence-corrected chi connectivity index (χ4v) is 1.27. The highest BCUT2D eigenvalue weighted by molar-refractivity contribution is 14.0. The van der Waals surface area contributed by atoms with E-state index < -0.39 is 0 Å². The molecule has 1 aliphatic carbocycles. The lowest BCUT2D eigenvalue weighted by Gasteiger charge is -2.10. The second kappa shape index (κ2) is 10.4. The molecule has 0 bridgehead atoms. The van der Waals surface area contributed by atoms with Gasteiger partial charge in [0.2, 0.25) is 5.91 Å².